The third-order valence-electron chi connectivity index (χ3n) is 4.94. The number of carbonyl (C=O) groups is 2. The summed E-state index contributed by atoms with van der Waals surface area (Å²) in [6.45, 7) is 7.41. The zero-order valence-electron chi connectivity index (χ0n) is 14.2. The Morgan fingerprint density at radius 1 is 1.08 bits per heavy atom. The molecule has 0 saturated carbocycles. The molecule has 0 fully saturated rings. The minimum atomic E-state index is -1.80. The van der Waals surface area contributed by atoms with Crippen molar-refractivity contribution in [2.75, 3.05) is 6.61 Å². The van der Waals surface area contributed by atoms with Crippen LogP contribution in [0.25, 0.3) is 11.1 Å². The first-order valence-corrected chi connectivity index (χ1v) is 11.9. The molecular formula is C20H20O3Si. The molecule has 4 heteroatoms. The number of aldehydes is 1. The van der Waals surface area contributed by atoms with Gasteiger partial charge in [-0.15, -0.1) is 0 Å². The van der Waals surface area contributed by atoms with Crippen LogP contribution in [0.5, 0.6) is 5.75 Å². The van der Waals surface area contributed by atoms with Crippen molar-refractivity contribution in [3.63, 3.8) is 0 Å². The normalized spacial score (nSPS) is 15.4. The summed E-state index contributed by atoms with van der Waals surface area (Å²) in [5.41, 5.74) is 4.79. The zero-order valence-corrected chi connectivity index (χ0v) is 15.2. The molecule has 1 aliphatic carbocycles. The highest BCUT2D eigenvalue weighted by molar-refractivity contribution is 6.90. The zero-order chi connectivity index (χ0) is 17.1. The largest absolute Gasteiger partial charge is 0.493 e. The molecule has 0 saturated heterocycles. The quantitative estimate of drug-likeness (QED) is 0.531. The summed E-state index contributed by atoms with van der Waals surface area (Å²) in [5.74, 6) is 0.784. The van der Waals surface area contributed by atoms with Crippen LogP contribution in [0.3, 0.4) is 0 Å². The van der Waals surface area contributed by atoms with Gasteiger partial charge in [0.25, 0.3) is 0 Å². The lowest BCUT2D eigenvalue weighted by Crippen LogP contribution is -2.45. The number of ketones is 1. The Balaban J connectivity index is 2.20. The number of fused-ring (bicyclic) bond motifs is 4. The number of rotatable bonds is 2. The topological polar surface area (TPSA) is 43.4 Å². The summed E-state index contributed by atoms with van der Waals surface area (Å²) in [5, 5.41) is 1.18. The highest BCUT2D eigenvalue weighted by Crippen LogP contribution is 2.44. The summed E-state index contributed by atoms with van der Waals surface area (Å²) in [6, 6.07) is 7.60. The van der Waals surface area contributed by atoms with Crippen LogP contribution in [0.15, 0.2) is 24.3 Å². The molecule has 0 unspecified atom stereocenters. The van der Waals surface area contributed by atoms with Crippen molar-refractivity contribution in [1.82, 2.24) is 0 Å². The average molecular weight is 336 g/mol. The summed E-state index contributed by atoms with van der Waals surface area (Å²) in [6.07, 6.45) is 2.68. The molecule has 4 rings (SSSR count). The van der Waals surface area contributed by atoms with Crippen LogP contribution < -0.4 is 9.92 Å². The number of hydrogen-bond acceptors (Lipinski definition) is 3. The monoisotopic (exact) mass is 336 g/mol. The summed E-state index contributed by atoms with van der Waals surface area (Å²) in [7, 11) is -1.80. The Bertz CT molecular complexity index is 891. The lowest BCUT2D eigenvalue weighted by atomic mass is 9.93. The van der Waals surface area contributed by atoms with Gasteiger partial charge < -0.3 is 4.74 Å². The van der Waals surface area contributed by atoms with E-state index in [1.807, 2.05) is 24.3 Å². The SMILES string of the molecule is C[Si](C)(C)c1c2c(c(C=O)c3c1C(=O)c1ccccc1-3)OCCC2. The fourth-order valence-corrected chi connectivity index (χ4v) is 6.24. The Hall–Kier alpha value is -2.20. The number of benzene rings is 2. The van der Waals surface area contributed by atoms with Gasteiger partial charge >= 0.3 is 0 Å². The number of hydrogen-bond donors (Lipinski definition) is 0. The first-order chi connectivity index (χ1) is 11.4. The van der Waals surface area contributed by atoms with Crippen molar-refractivity contribution in [3.05, 3.63) is 46.5 Å². The predicted molar refractivity (Wildman–Crippen MR) is 97.5 cm³/mol. The smallest absolute Gasteiger partial charge is 0.194 e. The maximum Gasteiger partial charge on any atom is 0.194 e. The van der Waals surface area contributed by atoms with Crippen molar-refractivity contribution < 1.29 is 14.3 Å². The van der Waals surface area contributed by atoms with E-state index in [0.717, 1.165) is 47.1 Å². The van der Waals surface area contributed by atoms with Crippen LogP contribution in [0.2, 0.25) is 19.6 Å². The van der Waals surface area contributed by atoms with Gasteiger partial charge in [-0.1, -0.05) is 43.9 Å². The van der Waals surface area contributed by atoms with Crippen LogP contribution >= 0.6 is 0 Å². The number of carbonyl (C=O) groups excluding carboxylic acids is 2. The van der Waals surface area contributed by atoms with Crippen LogP contribution in [0.4, 0.5) is 0 Å². The fraction of sp³-hybridized carbons (Fsp3) is 0.300. The van der Waals surface area contributed by atoms with Gasteiger partial charge in [-0.2, -0.15) is 0 Å². The lowest BCUT2D eigenvalue weighted by molar-refractivity contribution is 0.104. The predicted octanol–water partition coefficient (Wildman–Crippen LogP) is 3.58. The minimum absolute atomic E-state index is 0.0644. The van der Waals surface area contributed by atoms with E-state index in [1.54, 1.807) is 0 Å². The van der Waals surface area contributed by atoms with E-state index < -0.39 is 8.07 Å². The summed E-state index contributed by atoms with van der Waals surface area (Å²) < 4.78 is 5.94. The summed E-state index contributed by atoms with van der Waals surface area (Å²) >= 11 is 0. The van der Waals surface area contributed by atoms with E-state index in [2.05, 4.69) is 19.6 Å². The Morgan fingerprint density at radius 3 is 2.46 bits per heavy atom. The highest BCUT2D eigenvalue weighted by atomic mass is 28.3. The van der Waals surface area contributed by atoms with Crippen LogP contribution in [-0.4, -0.2) is 26.8 Å². The molecule has 0 atom stereocenters. The number of ether oxygens (including phenoxy) is 1. The van der Waals surface area contributed by atoms with Crippen molar-refractivity contribution in [2.24, 2.45) is 0 Å². The molecule has 2 aliphatic rings. The second-order valence-corrected chi connectivity index (χ2v) is 12.5. The molecule has 0 radical (unpaired) electrons. The molecule has 0 bridgehead atoms. The van der Waals surface area contributed by atoms with Crippen LogP contribution in [0, 0.1) is 0 Å². The molecule has 0 aromatic heterocycles. The van der Waals surface area contributed by atoms with Gasteiger partial charge in [-0.3, -0.25) is 9.59 Å². The van der Waals surface area contributed by atoms with E-state index in [4.69, 9.17) is 4.74 Å². The van der Waals surface area contributed by atoms with E-state index in [0.29, 0.717) is 17.7 Å². The maximum atomic E-state index is 13.2. The molecule has 3 nitrogen and oxygen atoms in total. The van der Waals surface area contributed by atoms with E-state index >= 15 is 0 Å². The second kappa shape index (κ2) is 5.15. The van der Waals surface area contributed by atoms with Gasteiger partial charge in [0.1, 0.15) is 5.75 Å². The second-order valence-electron chi connectivity index (χ2n) is 7.54. The molecule has 24 heavy (non-hydrogen) atoms. The van der Waals surface area contributed by atoms with E-state index in [1.165, 1.54) is 5.19 Å². The van der Waals surface area contributed by atoms with Gasteiger partial charge in [-0.05, 0) is 29.2 Å². The first-order valence-electron chi connectivity index (χ1n) is 8.40. The molecule has 0 N–H and O–H groups in total. The summed E-state index contributed by atoms with van der Waals surface area (Å²) in [4.78, 5) is 25.1. The Labute approximate surface area is 142 Å². The molecule has 0 spiro atoms. The molecule has 2 aromatic carbocycles. The Kier molecular flexibility index (Phi) is 3.29. The molecule has 0 amide bonds. The molecule has 1 heterocycles. The van der Waals surface area contributed by atoms with Gasteiger partial charge in [0, 0.05) is 16.7 Å². The third-order valence-corrected chi connectivity index (χ3v) is 7.00. The first kappa shape index (κ1) is 15.3. The van der Waals surface area contributed by atoms with Crippen molar-refractivity contribution >= 4 is 25.3 Å². The Morgan fingerprint density at radius 2 is 1.79 bits per heavy atom. The molecule has 1 aliphatic heterocycles. The van der Waals surface area contributed by atoms with Crippen molar-refractivity contribution in [3.8, 4) is 16.9 Å². The van der Waals surface area contributed by atoms with Gasteiger partial charge in [0.2, 0.25) is 0 Å². The lowest BCUT2D eigenvalue weighted by Gasteiger charge is -2.30. The van der Waals surface area contributed by atoms with Crippen LogP contribution in [-0.2, 0) is 6.42 Å². The minimum Gasteiger partial charge on any atom is -0.493 e. The standard InChI is InChI=1S/C20H20O3Si/c1-24(2,3)20-14-9-6-10-23-19(14)15(11-21)16-12-7-4-5-8-13(12)18(22)17(16)20/h4-5,7-8,11H,6,9-10H2,1-3H3. The van der Waals surface area contributed by atoms with Crippen LogP contribution in [0.1, 0.15) is 38.3 Å². The van der Waals surface area contributed by atoms with E-state index in [-0.39, 0.29) is 5.78 Å². The molecular weight excluding hydrogens is 316 g/mol. The maximum absolute atomic E-state index is 13.2. The molecule has 122 valence electrons. The molecule has 2 aromatic rings. The van der Waals surface area contributed by atoms with Gasteiger partial charge in [0.15, 0.2) is 12.1 Å². The van der Waals surface area contributed by atoms with Crippen molar-refractivity contribution in [1.29, 1.82) is 0 Å². The van der Waals surface area contributed by atoms with E-state index in [9.17, 15) is 9.59 Å². The highest BCUT2D eigenvalue weighted by Gasteiger charge is 2.39. The van der Waals surface area contributed by atoms with Crippen molar-refractivity contribution in [2.45, 2.75) is 32.5 Å². The van der Waals surface area contributed by atoms with Gasteiger partial charge in [0.05, 0.1) is 20.2 Å². The van der Waals surface area contributed by atoms with Gasteiger partial charge in [-0.25, -0.2) is 0 Å². The fourth-order valence-electron chi connectivity index (χ4n) is 4.11. The third kappa shape index (κ3) is 1.96. The average Bonchev–Trinajstić information content (AvgIpc) is 2.85.